The number of amides is 3. The average molecular weight is 341 g/mol. The zero-order valence-electron chi connectivity index (χ0n) is 13.9. The fourth-order valence-corrected chi connectivity index (χ4v) is 2.33. The first kappa shape index (κ1) is 18.0. The van der Waals surface area contributed by atoms with E-state index in [0.29, 0.717) is 37.6 Å². The highest BCUT2D eigenvalue weighted by Gasteiger charge is 2.16. The maximum Gasteiger partial charge on any atom is 0.267 e. The summed E-state index contributed by atoms with van der Waals surface area (Å²) in [5.74, 6) is -0.686. The van der Waals surface area contributed by atoms with E-state index in [9.17, 15) is 19.6 Å². The third-order valence-electron chi connectivity index (χ3n) is 3.64. The van der Waals surface area contributed by atoms with E-state index >= 15 is 0 Å². The molecule has 1 aliphatic rings. The van der Waals surface area contributed by atoms with Crippen molar-refractivity contribution < 1.29 is 14.4 Å². The van der Waals surface area contributed by atoms with Gasteiger partial charge in [-0.05, 0) is 24.3 Å². The van der Waals surface area contributed by atoms with Gasteiger partial charge in [-0.1, -0.05) is 0 Å². The van der Waals surface area contributed by atoms with Crippen LogP contribution in [0.25, 0.3) is 0 Å². The van der Waals surface area contributed by atoms with E-state index < -0.39 is 5.91 Å². The zero-order chi connectivity index (χ0) is 18.2. The van der Waals surface area contributed by atoms with Crippen LogP contribution in [-0.2, 0) is 14.4 Å². The maximum absolute atomic E-state index is 12.2. The molecule has 130 valence electrons. The lowest BCUT2D eigenvalue weighted by molar-refractivity contribution is -0.119. The number of nitrogens with one attached hydrogen (secondary N) is 2. The highest BCUT2D eigenvalue weighted by molar-refractivity contribution is 6.06. The first-order chi connectivity index (χ1) is 12.0. The Hall–Kier alpha value is -3.34. The Balaban J connectivity index is 1.98. The first-order valence-electron chi connectivity index (χ1n) is 7.76. The quantitative estimate of drug-likeness (QED) is 0.467. The first-order valence-corrected chi connectivity index (χ1v) is 7.76. The molecule has 25 heavy (non-hydrogen) atoms. The van der Waals surface area contributed by atoms with Crippen molar-refractivity contribution in [1.29, 1.82) is 5.26 Å². The molecule has 1 fully saturated rings. The van der Waals surface area contributed by atoms with Crippen molar-refractivity contribution in [3.05, 3.63) is 36.0 Å². The van der Waals surface area contributed by atoms with Gasteiger partial charge in [0.2, 0.25) is 12.3 Å². The SMILES string of the molecule is CC(=O)Nc1ccc(NC(=O)/C(C#N)=C\N2CCN(C=O)CC2)cc1. The van der Waals surface area contributed by atoms with Gasteiger partial charge in [0.1, 0.15) is 11.6 Å². The van der Waals surface area contributed by atoms with E-state index in [1.807, 2.05) is 11.0 Å². The lowest BCUT2D eigenvalue weighted by Crippen LogP contribution is -2.43. The van der Waals surface area contributed by atoms with Crippen LogP contribution in [0.1, 0.15) is 6.92 Å². The number of rotatable bonds is 5. The molecule has 1 heterocycles. The molecule has 1 aromatic rings. The number of piperazine rings is 1. The summed E-state index contributed by atoms with van der Waals surface area (Å²) in [6.07, 6.45) is 2.31. The van der Waals surface area contributed by atoms with Crippen LogP contribution in [0.4, 0.5) is 11.4 Å². The highest BCUT2D eigenvalue weighted by Crippen LogP contribution is 2.14. The van der Waals surface area contributed by atoms with Gasteiger partial charge >= 0.3 is 0 Å². The van der Waals surface area contributed by atoms with Crippen molar-refractivity contribution in [2.75, 3.05) is 36.8 Å². The molecule has 1 saturated heterocycles. The van der Waals surface area contributed by atoms with Crippen molar-refractivity contribution in [2.45, 2.75) is 6.92 Å². The van der Waals surface area contributed by atoms with Gasteiger partial charge in [-0.2, -0.15) is 5.26 Å². The molecular weight excluding hydrogens is 322 g/mol. The van der Waals surface area contributed by atoms with Gasteiger partial charge < -0.3 is 20.4 Å². The summed E-state index contributed by atoms with van der Waals surface area (Å²) in [7, 11) is 0. The summed E-state index contributed by atoms with van der Waals surface area (Å²) in [4.78, 5) is 37.4. The molecule has 0 unspecified atom stereocenters. The third kappa shape index (κ3) is 5.35. The summed E-state index contributed by atoms with van der Waals surface area (Å²) in [5, 5.41) is 14.5. The van der Waals surface area contributed by atoms with E-state index in [0.717, 1.165) is 6.41 Å². The maximum atomic E-state index is 12.2. The average Bonchev–Trinajstić information content (AvgIpc) is 2.61. The number of carbonyl (C=O) groups excluding carboxylic acids is 3. The number of carbonyl (C=O) groups is 3. The Morgan fingerprint density at radius 1 is 1.04 bits per heavy atom. The molecule has 8 nitrogen and oxygen atoms in total. The molecule has 8 heteroatoms. The van der Waals surface area contributed by atoms with Gasteiger partial charge in [0.05, 0.1) is 0 Å². The number of nitrogens with zero attached hydrogens (tertiary/aromatic N) is 3. The van der Waals surface area contributed by atoms with Crippen molar-refractivity contribution in [3.8, 4) is 6.07 Å². The third-order valence-corrected chi connectivity index (χ3v) is 3.64. The van der Waals surface area contributed by atoms with Gasteiger partial charge in [0, 0.05) is 50.7 Å². The van der Waals surface area contributed by atoms with Crippen molar-refractivity contribution in [3.63, 3.8) is 0 Å². The topological polar surface area (TPSA) is 106 Å². The molecule has 2 N–H and O–H groups in total. The molecular formula is C17H19N5O3. The molecule has 3 amide bonds. The predicted octanol–water partition coefficient (Wildman–Crippen LogP) is 0.765. The van der Waals surface area contributed by atoms with Crippen LogP contribution in [0.5, 0.6) is 0 Å². The van der Waals surface area contributed by atoms with Crippen LogP contribution in [0, 0.1) is 11.3 Å². The number of benzene rings is 1. The summed E-state index contributed by atoms with van der Waals surface area (Å²) in [6.45, 7) is 3.68. The van der Waals surface area contributed by atoms with Crippen LogP contribution in [0.15, 0.2) is 36.0 Å². The lowest BCUT2D eigenvalue weighted by atomic mass is 10.2. The summed E-state index contributed by atoms with van der Waals surface area (Å²) >= 11 is 0. The fourth-order valence-electron chi connectivity index (χ4n) is 2.33. The molecule has 0 spiro atoms. The smallest absolute Gasteiger partial charge is 0.267 e. The molecule has 2 rings (SSSR count). The Bertz CT molecular complexity index is 713. The van der Waals surface area contributed by atoms with Crippen LogP contribution < -0.4 is 10.6 Å². The second-order valence-electron chi connectivity index (χ2n) is 5.54. The van der Waals surface area contributed by atoms with E-state index in [1.54, 1.807) is 29.2 Å². The molecule has 0 saturated carbocycles. The van der Waals surface area contributed by atoms with Crippen molar-refractivity contribution in [2.24, 2.45) is 0 Å². The van der Waals surface area contributed by atoms with Gasteiger partial charge in [-0.25, -0.2) is 0 Å². The monoisotopic (exact) mass is 341 g/mol. The van der Waals surface area contributed by atoms with Gasteiger partial charge in [-0.15, -0.1) is 0 Å². The van der Waals surface area contributed by atoms with Crippen LogP contribution >= 0.6 is 0 Å². The Morgan fingerprint density at radius 2 is 1.56 bits per heavy atom. The van der Waals surface area contributed by atoms with E-state index in [-0.39, 0.29) is 11.5 Å². The second kappa shape index (κ2) is 8.49. The van der Waals surface area contributed by atoms with Gasteiger partial charge in [-0.3, -0.25) is 14.4 Å². The van der Waals surface area contributed by atoms with Gasteiger partial charge in [0.15, 0.2) is 0 Å². The van der Waals surface area contributed by atoms with E-state index in [4.69, 9.17) is 0 Å². The summed E-state index contributed by atoms with van der Waals surface area (Å²) in [6, 6.07) is 8.50. The molecule has 0 bridgehead atoms. The Labute approximate surface area is 145 Å². The molecule has 0 radical (unpaired) electrons. The summed E-state index contributed by atoms with van der Waals surface area (Å²) in [5.41, 5.74) is 1.13. The minimum atomic E-state index is -0.507. The predicted molar refractivity (Wildman–Crippen MR) is 92.3 cm³/mol. The number of nitriles is 1. The highest BCUT2D eigenvalue weighted by atomic mass is 16.2. The van der Waals surface area contributed by atoms with E-state index in [2.05, 4.69) is 10.6 Å². The molecule has 0 atom stereocenters. The normalized spacial score (nSPS) is 14.5. The Kier molecular flexibility index (Phi) is 6.12. The van der Waals surface area contributed by atoms with Crippen LogP contribution in [0.3, 0.4) is 0 Å². The Morgan fingerprint density at radius 3 is 2.04 bits per heavy atom. The molecule has 0 aliphatic carbocycles. The molecule has 0 aromatic heterocycles. The molecule has 1 aliphatic heterocycles. The number of hydrogen-bond acceptors (Lipinski definition) is 5. The molecule has 1 aromatic carbocycles. The number of anilines is 2. The largest absolute Gasteiger partial charge is 0.373 e. The van der Waals surface area contributed by atoms with Crippen LogP contribution in [-0.4, -0.2) is 54.2 Å². The van der Waals surface area contributed by atoms with E-state index in [1.165, 1.54) is 13.1 Å². The second-order valence-corrected chi connectivity index (χ2v) is 5.54. The fraction of sp³-hybridized carbons (Fsp3) is 0.294. The summed E-state index contributed by atoms with van der Waals surface area (Å²) < 4.78 is 0. The minimum Gasteiger partial charge on any atom is -0.373 e. The van der Waals surface area contributed by atoms with Crippen molar-refractivity contribution in [1.82, 2.24) is 9.80 Å². The van der Waals surface area contributed by atoms with Crippen molar-refractivity contribution >= 4 is 29.6 Å². The van der Waals surface area contributed by atoms with Crippen LogP contribution in [0.2, 0.25) is 0 Å². The lowest BCUT2D eigenvalue weighted by Gasteiger charge is -2.31. The minimum absolute atomic E-state index is 0.00881. The standard InChI is InChI=1S/C17H19N5O3/c1-13(24)19-15-2-4-16(5-3-15)20-17(25)14(10-18)11-21-6-8-22(12-23)9-7-21/h2-5,11-12H,6-9H2,1H3,(H,19,24)(H,20,25)/b14-11-. The number of hydrogen-bond donors (Lipinski definition) is 2. The zero-order valence-corrected chi connectivity index (χ0v) is 13.9. The van der Waals surface area contributed by atoms with Gasteiger partial charge in [0.25, 0.3) is 5.91 Å².